The van der Waals surface area contributed by atoms with Crippen LogP contribution in [-0.4, -0.2) is 0 Å². The molecule has 0 aliphatic heterocycles. The Morgan fingerprint density at radius 1 is 0.667 bits per heavy atom. The van der Waals surface area contributed by atoms with Crippen LogP contribution in [0.5, 0.6) is 0 Å². The van der Waals surface area contributed by atoms with Gasteiger partial charge in [0.2, 0.25) is 0 Å². The minimum absolute atomic E-state index is 0.116. The average Bonchev–Trinajstić information content (AvgIpc) is 3.48. The van der Waals surface area contributed by atoms with Crippen molar-refractivity contribution in [2.45, 2.75) is 38.0 Å². The van der Waals surface area contributed by atoms with Crippen molar-refractivity contribution in [3.8, 4) is 0 Å². The van der Waals surface area contributed by atoms with E-state index in [1.807, 2.05) is 60.7 Å². The molecular weight excluding hydrogens is 472 g/mol. The summed E-state index contributed by atoms with van der Waals surface area (Å²) >= 11 is 0. The molecule has 0 bridgehead atoms. The first-order chi connectivity index (χ1) is 22.7. The van der Waals surface area contributed by atoms with Crippen LogP contribution in [0.15, 0.2) is 120 Å². The molecule has 8 rings (SSSR count). The molecule has 2 atom stereocenters. The summed E-state index contributed by atoms with van der Waals surface area (Å²) in [6, 6.07) is 19.2. The van der Waals surface area contributed by atoms with Gasteiger partial charge in [-0.25, -0.2) is 0 Å². The van der Waals surface area contributed by atoms with E-state index in [9.17, 15) is 5.48 Å². The fraction of sp³-hybridized carbons (Fsp3) is 0.211. The van der Waals surface area contributed by atoms with E-state index in [4.69, 9.17) is 9.90 Å². The maximum Gasteiger partial charge on any atom is 0.135 e. The van der Waals surface area contributed by atoms with Gasteiger partial charge in [-0.2, -0.15) is 0 Å². The first kappa shape index (κ1) is 16.1. The standard InChI is InChI=1S/C38H32O/c1-2-12-25(13-3-1)27-14-4-5-16-29(27)38-32-19-8-6-17-30(32)37(31-18-7-9-20-33(31)38)26-22-23-36-34(24-26)28-15-10-11-21-35(28)39-36/h4-11,14-25,30,32H,1-3,12-13H2/i6D,7D,8D,9D,17D,18D,19D,20D. The molecule has 1 fully saturated rings. The SMILES string of the molecule is [2H]C1=C([2H])C2C(c3ccc4oc5ccccc5c4c3)=c3c([2H])c([2H])c([2H])c([2H])c3=C(c3ccccc3C3CCCCC3)C2C([2H])=C1[2H]. The van der Waals surface area contributed by atoms with Crippen molar-refractivity contribution in [3.63, 3.8) is 0 Å². The third kappa shape index (κ3) is 3.67. The second-order valence-corrected chi connectivity index (χ2v) is 10.8. The summed E-state index contributed by atoms with van der Waals surface area (Å²) in [5.74, 6) is -1.56. The lowest BCUT2D eigenvalue weighted by molar-refractivity contribution is 0.443. The van der Waals surface area contributed by atoms with E-state index < -0.39 is 11.8 Å². The highest BCUT2D eigenvalue weighted by Crippen LogP contribution is 2.44. The number of benzene rings is 4. The van der Waals surface area contributed by atoms with Crippen molar-refractivity contribution in [2.75, 3.05) is 0 Å². The third-order valence-corrected chi connectivity index (χ3v) is 8.68. The summed E-state index contributed by atoms with van der Waals surface area (Å²) in [6.45, 7) is 0. The Morgan fingerprint density at radius 2 is 1.36 bits per heavy atom. The monoisotopic (exact) mass is 512 g/mol. The molecule has 0 radical (unpaired) electrons. The van der Waals surface area contributed by atoms with E-state index in [-0.39, 0.29) is 59.5 Å². The highest BCUT2D eigenvalue weighted by atomic mass is 16.3. The molecule has 3 aliphatic carbocycles. The highest BCUT2D eigenvalue weighted by Gasteiger charge is 2.33. The van der Waals surface area contributed by atoms with Crippen LogP contribution in [0.2, 0.25) is 0 Å². The number of hydrogen-bond acceptors (Lipinski definition) is 1. The molecule has 0 N–H and O–H groups in total. The van der Waals surface area contributed by atoms with Crippen LogP contribution in [0.4, 0.5) is 0 Å². The largest absolute Gasteiger partial charge is 0.456 e. The Morgan fingerprint density at radius 3 is 2.21 bits per heavy atom. The first-order valence-electron chi connectivity index (χ1n) is 17.9. The van der Waals surface area contributed by atoms with Crippen LogP contribution in [0.25, 0.3) is 33.1 Å². The second kappa shape index (κ2) is 9.27. The molecule has 1 heteroatoms. The summed E-state index contributed by atoms with van der Waals surface area (Å²) in [4.78, 5) is 0. The summed E-state index contributed by atoms with van der Waals surface area (Å²) in [6.07, 6.45) is 5.37. The van der Waals surface area contributed by atoms with Crippen LogP contribution in [0.3, 0.4) is 0 Å². The van der Waals surface area contributed by atoms with E-state index in [1.165, 1.54) is 6.42 Å². The summed E-state index contributed by atoms with van der Waals surface area (Å²) in [5, 5.41) is 2.31. The van der Waals surface area contributed by atoms with Gasteiger partial charge < -0.3 is 4.42 Å². The second-order valence-electron chi connectivity index (χ2n) is 10.8. The van der Waals surface area contributed by atoms with Gasteiger partial charge in [0.25, 0.3) is 0 Å². The molecular formula is C38H32O. The van der Waals surface area contributed by atoms with Gasteiger partial charge in [0.15, 0.2) is 0 Å². The average molecular weight is 513 g/mol. The van der Waals surface area contributed by atoms with Crippen LogP contribution in [0.1, 0.15) is 65.7 Å². The van der Waals surface area contributed by atoms with E-state index in [0.29, 0.717) is 33.1 Å². The molecule has 1 aromatic heterocycles. The Kier molecular flexibility index (Phi) is 3.83. The predicted octanol–water partition coefficient (Wildman–Crippen LogP) is 8.40. The van der Waals surface area contributed by atoms with Crippen LogP contribution in [-0.2, 0) is 0 Å². The van der Waals surface area contributed by atoms with E-state index >= 15 is 0 Å². The van der Waals surface area contributed by atoms with Gasteiger partial charge in [-0.3, -0.25) is 0 Å². The molecule has 0 amide bonds. The van der Waals surface area contributed by atoms with Crippen molar-refractivity contribution in [2.24, 2.45) is 11.8 Å². The maximum absolute atomic E-state index is 9.36. The fourth-order valence-corrected chi connectivity index (χ4v) is 6.93. The van der Waals surface area contributed by atoms with Gasteiger partial charge in [0.05, 0.1) is 11.0 Å². The van der Waals surface area contributed by atoms with Crippen molar-refractivity contribution >= 4 is 33.1 Å². The molecule has 1 saturated carbocycles. The molecule has 5 aromatic rings. The minimum Gasteiger partial charge on any atom is -0.456 e. The smallest absolute Gasteiger partial charge is 0.135 e. The zero-order valence-electron chi connectivity index (χ0n) is 29.5. The Bertz CT molecular complexity index is 2340. The number of para-hydroxylation sites is 1. The fourth-order valence-electron chi connectivity index (χ4n) is 6.93. The summed E-state index contributed by atoms with van der Waals surface area (Å²) in [7, 11) is 0. The van der Waals surface area contributed by atoms with E-state index in [1.54, 1.807) is 0 Å². The molecule has 2 unspecified atom stereocenters. The molecule has 0 saturated heterocycles. The van der Waals surface area contributed by atoms with Gasteiger partial charge in [-0.15, -0.1) is 0 Å². The van der Waals surface area contributed by atoms with Crippen LogP contribution >= 0.6 is 0 Å². The van der Waals surface area contributed by atoms with Gasteiger partial charge in [0, 0.05) is 22.6 Å². The molecule has 3 aliphatic rings. The topological polar surface area (TPSA) is 13.1 Å². The summed E-state index contributed by atoms with van der Waals surface area (Å²) < 4.78 is 78.5. The molecule has 190 valence electrons. The maximum atomic E-state index is 9.36. The predicted molar refractivity (Wildman–Crippen MR) is 162 cm³/mol. The number of furan rings is 1. The molecule has 1 nitrogen and oxygen atoms in total. The van der Waals surface area contributed by atoms with Crippen molar-refractivity contribution in [1.82, 2.24) is 0 Å². The lowest BCUT2D eigenvalue weighted by Crippen LogP contribution is -2.40. The van der Waals surface area contributed by atoms with Crippen molar-refractivity contribution in [1.29, 1.82) is 0 Å². The number of fused-ring (bicyclic) bond motifs is 5. The lowest BCUT2D eigenvalue weighted by Gasteiger charge is -2.35. The number of allylic oxidation sites excluding steroid dienone is 4. The molecule has 1 heterocycles. The number of rotatable bonds is 3. The Labute approximate surface area is 240 Å². The van der Waals surface area contributed by atoms with Gasteiger partial charge in [-0.1, -0.05) is 116 Å². The van der Waals surface area contributed by atoms with E-state index in [2.05, 4.69) is 6.07 Å². The molecule has 4 aromatic carbocycles. The number of hydrogen-bond donors (Lipinski definition) is 0. The van der Waals surface area contributed by atoms with Gasteiger partial charge in [-0.05, 0) is 75.2 Å². The highest BCUT2D eigenvalue weighted by molar-refractivity contribution is 6.06. The van der Waals surface area contributed by atoms with Gasteiger partial charge >= 0.3 is 0 Å². The molecule has 0 spiro atoms. The summed E-state index contributed by atoms with van der Waals surface area (Å²) in [5.41, 5.74) is 4.89. The normalized spacial score (nSPS) is 24.8. The zero-order valence-corrected chi connectivity index (χ0v) is 21.5. The Balaban J connectivity index is 1.58. The van der Waals surface area contributed by atoms with Gasteiger partial charge in [0.1, 0.15) is 11.2 Å². The van der Waals surface area contributed by atoms with Crippen LogP contribution in [0, 0.1) is 11.8 Å². The van der Waals surface area contributed by atoms with Crippen LogP contribution < -0.4 is 10.4 Å². The quantitative estimate of drug-likeness (QED) is 0.236. The third-order valence-electron chi connectivity index (χ3n) is 8.68. The first-order valence-corrected chi connectivity index (χ1v) is 13.9. The Hall–Kier alpha value is -4.10. The van der Waals surface area contributed by atoms with Crippen molar-refractivity contribution < 1.29 is 15.4 Å². The zero-order chi connectivity index (χ0) is 32.7. The molecule has 39 heavy (non-hydrogen) atoms. The minimum atomic E-state index is -0.916. The lowest BCUT2D eigenvalue weighted by atomic mass is 9.68. The van der Waals surface area contributed by atoms with E-state index in [0.717, 1.165) is 47.6 Å². The van der Waals surface area contributed by atoms with Crippen molar-refractivity contribution in [3.05, 3.63) is 142 Å².